The zero-order chi connectivity index (χ0) is 15.5. The zero-order valence-corrected chi connectivity index (χ0v) is 13.0. The standard InChI is InChI=1S/C12H23N3O5S/c1-14(6-4-12(16)17)21(18,19)13-7-11-8-15-5-2-3-10(15)9-20-11/h10-11,13H,2-9H2,1H3,(H,16,17). The van der Waals surface area contributed by atoms with Crippen LogP contribution in [0.3, 0.4) is 0 Å². The number of hydrogen-bond donors (Lipinski definition) is 2. The Labute approximate surface area is 125 Å². The van der Waals surface area contributed by atoms with Gasteiger partial charge in [0.1, 0.15) is 0 Å². The molecular formula is C12H23N3O5S. The maximum absolute atomic E-state index is 12.0. The highest BCUT2D eigenvalue weighted by atomic mass is 32.2. The van der Waals surface area contributed by atoms with Gasteiger partial charge in [-0.15, -0.1) is 0 Å². The van der Waals surface area contributed by atoms with Crippen LogP contribution >= 0.6 is 0 Å². The van der Waals surface area contributed by atoms with Crippen LogP contribution in [-0.4, -0.2) is 80.7 Å². The van der Waals surface area contributed by atoms with Crippen LogP contribution in [0, 0.1) is 0 Å². The van der Waals surface area contributed by atoms with Gasteiger partial charge in [0.25, 0.3) is 10.2 Å². The van der Waals surface area contributed by atoms with Gasteiger partial charge in [0.2, 0.25) is 0 Å². The summed E-state index contributed by atoms with van der Waals surface area (Å²) in [5.41, 5.74) is 0. The molecule has 9 heteroatoms. The third-order valence-corrected chi connectivity index (χ3v) is 5.54. The Bertz CT molecular complexity index is 470. The van der Waals surface area contributed by atoms with Crippen LogP contribution in [0.4, 0.5) is 0 Å². The first-order chi connectivity index (χ1) is 9.88. The van der Waals surface area contributed by atoms with Crippen molar-refractivity contribution >= 4 is 16.2 Å². The molecule has 21 heavy (non-hydrogen) atoms. The van der Waals surface area contributed by atoms with Gasteiger partial charge < -0.3 is 9.84 Å². The highest BCUT2D eigenvalue weighted by Gasteiger charge is 2.32. The smallest absolute Gasteiger partial charge is 0.304 e. The molecule has 0 saturated carbocycles. The van der Waals surface area contributed by atoms with Crippen molar-refractivity contribution in [3.05, 3.63) is 0 Å². The van der Waals surface area contributed by atoms with E-state index in [0.29, 0.717) is 12.6 Å². The minimum atomic E-state index is -3.66. The Morgan fingerprint density at radius 3 is 3.00 bits per heavy atom. The summed E-state index contributed by atoms with van der Waals surface area (Å²) in [5, 5.41) is 8.58. The molecule has 0 amide bonds. The summed E-state index contributed by atoms with van der Waals surface area (Å²) in [7, 11) is -2.29. The summed E-state index contributed by atoms with van der Waals surface area (Å²) in [4.78, 5) is 12.8. The van der Waals surface area contributed by atoms with Crippen LogP contribution < -0.4 is 4.72 Å². The molecule has 2 aliphatic rings. The van der Waals surface area contributed by atoms with Gasteiger partial charge in [0, 0.05) is 32.7 Å². The molecule has 0 aromatic heterocycles. The second kappa shape index (κ2) is 7.01. The van der Waals surface area contributed by atoms with E-state index in [1.807, 2.05) is 0 Å². The molecule has 0 bridgehead atoms. The van der Waals surface area contributed by atoms with Gasteiger partial charge in [-0.3, -0.25) is 9.69 Å². The fourth-order valence-electron chi connectivity index (χ4n) is 2.69. The van der Waals surface area contributed by atoms with Gasteiger partial charge in [-0.2, -0.15) is 17.4 Å². The fourth-order valence-corrected chi connectivity index (χ4v) is 3.64. The third kappa shape index (κ3) is 4.62. The molecule has 0 aromatic rings. The number of hydrogen-bond acceptors (Lipinski definition) is 5. The highest BCUT2D eigenvalue weighted by molar-refractivity contribution is 7.87. The lowest BCUT2D eigenvalue weighted by molar-refractivity contribution is -0.137. The summed E-state index contributed by atoms with van der Waals surface area (Å²) in [6.07, 6.45) is 1.95. The summed E-state index contributed by atoms with van der Waals surface area (Å²) < 4.78 is 33.1. The Kier molecular flexibility index (Phi) is 5.55. The van der Waals surface area contributed by atoms with Crippen molar-refractivity contribution in [2.75, 3.05) is 39.8 Å². The van der Waals surface area contributed by atoms with E-state index >= 15 is 0 Å². The van der Waals surface area contributed by atoms with Crippen molar-refractivity contribution in [3.63, 3.8) is 0 Å². The molecule has 2 aliphatic heterocycles. The van der Waals surface area contributed by atoms with E-state index in [1.165, 1.54) is 13.5 Å². The van der Waals surface area contributed by atoms with Crippen molar-refractivity contribution in [2.24, 2.45) is 0 Å². The molecule has 2 unspecified atom stereocenters. The predicted octanol–water partition coefficient (Wildman–Crippen LogP) is -0.909. The summed E-state index contributed by atoms with van der Waals surface area (Å²) in [6.45, 7) is 2.61. The van der Waals surface area contributed by atoms with Crippen LogP contribution in [0.1, 0.15) is 19.3 Å². The molecule has 0 spiro atoms. The SMILES string of the molecule is CN(CCC(=O)O)S(=O)(=O)NCC1CN2CCCC2CO1. The number of carboxylic acid groups (broad SMARTS) is 1. The first kappa shape index (κ1) is 16.6. The Morgan fingerprint density at radius 2 is 2.29 bits per heavy atom. The summed E-state index contributed by atoms with van der Waals surface area (Å²) >= 11 is 0. The normalized spacial score (nSPS) is 27.0. The fraction of sp³-hybridized carbons (Fsp3) is 0.917. The lowest BCUT2D eigenvalue weighted by Crippen LogP contribution is -2.51. The highest BCUT2D eigenvalue weighted by Crippen LogP contribution is 2.22. The van der Waals surface area contributed by atoms with Gasteiger partial charge >= 0.3 is 5.97 Å². The molecule has 2 heterocycles. The minimum absolute atomic E-state index is 0.0512. The molecule has 0 radical (unpaired) electrons. The number of carboxylic acids is 1. The second-order valence-corrected chi connectivity index (χ2v) is 7.43. The average molecular weight is 321 g/mol. The van der Waals surface area contributed by atoms with Crippen LogP contribution in [0.2, 0.25) is 0 Å². The van der Waals surface area contributed by atoms with Crippen molar-refractivity contribution in [1.29, 1.82) is 0 Å². The number of carbonyl (C=O) groups is 1. The number of rotatable bonds is 7. The Morgan fingerprint density at radius 1 is 1.52 bits per heavy atom. The van der Waals surface area contributed by atoms with Gasteiger partial charge in [0.15, 0.2) is 0 Å². The molecule has 8 nitrogen and oxygen atoms in total. The van der Waals surface area contributed by atoms with E-state index in [1.54, 1.807) is 0 Å². The number of ether oxygens (including phenoxy) is 1. The number of aliphatic carboxylic acids is 1. The van der Waals surface area contributed by atoms with E-state index in [-0.39, 0.29) is 25.6 Å². The third-order valence-electron chi connectivity index (χ3n) is 4.01. The van der Waals surface area contributed by atoms with Crippen LogP contribution in [0.5, 0.6) is 0 Å². The van der Waals surface area contributed by atoms with Gasteiger partial charge in [-0.05, 0) is 19.4 Å². The maximum Gasteiger partial charge on any atom is 0.304 e. The molecule has 122 valence electrons. The summed E-state index contributed by atoms with van der Waals surface area (Å²) in [6, 6.07) is 0.482. The quantitative estimate of drug-likeness (QED) is 0.630. The van der Waals surface area contributed by atoms with Crippen LogP contribution in [0.15, 0.2) is 0 Å². The van der Waals surface area contributed by atoms with Crippen molar-refractivity contribution < 1.29 is 23.1 Å². The molecular weight excluding hydrogens is 298 g/mol. The monoisotopic (exact) mass is 321 g/mol. The Hall–Kier alpha value is -0.740. The molecule has 0 aliphatic carbocycles. The van der Waals surface area contributed by atoms with Crippen molar-refractivity contribution in [2.45, 2.75) is 31.4 Å². The lowest BCUT2D eigenvalue weighted by atomic mass is 10.2. The average Bonchev–Trinajstić information content (AvgIpc) is 2.89. The van der Waals surface area contributed by atoms with E-state index in [2.05, 4.69) is 9.62 Å². The zero-order valence-electron chi connectivity index (χ0n) is 12.2. The molecule has 2 rings (SSSR count). The number of morpholine rings is 1. The molecule has 2 saturated heterocycles. The lowest BCUT2D eigenvalue weighted by Gasteiger charge is -2.35. The maximum atomic E-state index is 12.0. The van der Waals surface area contributed by atoms with E-state index < -0.39 is 16.2 Å². The second-order valence-electron chi connectivity index (χ2n) is 5.57. The van der Waals surface area contributed by atoms with E-state index in [4.69, 9.17) is 9.84 Å². The van der Waals surface area contributed by atoms with Gasteiger partial charge in [0.05, 0.1) is 19.1 Å². The van der Waals surface area contributed by atoms with E-state index in [0.717, 1.165) is 23.8 Å². The van der Waals surface area contributed by atoms with E-state index in [9.17, 15) is 13.2 Å². The number of nitrogens with one attached hydrogen (secondary N) is 1. The molecule has 2 fully saturated rings. The predicted molar refractivity (Wildman–Crippen MR) is 76.1 cm³/mol. The van der Waals surface area contributed by atoms with Crippen LogP contribution in [-0.2, 0) is 19.7 Å². The van der Waals surface area contributed by atoms with Gasteiger partial charge in [-0.25, -0.2) is 0 Å². The first-order valence-electron chi connectivity index (χ1n) is 7.17. The van der Waals surface area contributed by atoms with Crippen molar-refractivity contribution in [3.8, 4) is 0 Å². The molecule has 2 N–H and O–H groups in total. The molecule has 0 aromatic carbocycles. The number of nitrogens with zero attached hydrogens (tertiary/aromatic N) is 2. The Balaban J connectivity index is 1.77. The van der Waals surface area contributed by atoms with Gasteiger partial charge in [-0.1, -0.05) is 0 Å². The topological polar surface area (TPSA) is 99.2 Å². The minimum Gasteiger partial charge on any atom is -0.481 e. The van der Waals surface area contributed by atoms with Crippen molar-refractivity contribution in [1.82, 2.24) is 13.9 Å². The largest absolute Gasteiger partial charge is 0.481 e. The first-order valence-corrected chi connectivity index (χ1v) is 8.61. The number of fused-ring (bicyclic) bond motifs is 1. The van der Waals surface area contributed by atoms with Crippen LogP contribution in [0.25, 0.3) is 0 Å². The molecule has 2 atom stereocenters. The summed E-state index contributed by atoms with van der Waals surface area (Å²) in [5.74, 6) is -1.02.